The number of nitrogens with zero attached hydrogens (tertiary/aromatic N) is 2. The zero-order chi connectivity index (χ0) is 13.0. The van der Waals surface area contributed by atoms with Crippen molar-refractivity contribution >= 4 is 5.97 Å². The van der Waals surface area contributed by atoms with Crippen LogP contribution >= 0.6 is 0 Å². The Hall–Kier alpha value is -1.36. The van der Waals surface area contributed by atoms with E-state index in [9.17, 15) is 4.79 Å². The number of ether oxygens (including phenoxy) is 1. The number of aromatic nitrogens is 1. The predicted molar refractivity (Wildman–Crippen MR) is 65.9 cm³/mol. The molecule has 2 rings (SSSR count). The van der Waals surface area contributed by atoms with Crippen LogP contribution in [0.1, 0.15) is 31.2 Å². The van der Waals surface area contributed by atoms with E-state index in [4.69, 9.17) is 9.26 Å². The summed E-state index contributed by atoms with van der Waals surface area (Å²) in [6.07, 6.45) is 1.95. The Morgan fingerprint density at radius 2 is 2.50 bits per heavy atom. The van der Waals surface area contributed by atoms with Crippen molar-refractivity contribution < 1.29 is 14.1 Å². The minimum atomic E-state index is -0.0708. The molecule has 0 spiro atoms. The van der Waals surface area contributed by atoms with Crippen molar-refractivity contribution in [3.63, 3.8) is 0 Å². The molecule has 0 aliphatic carbocycles. The number of piperidine rings is 1. The van der Waals surface area contributed by atoms with Crippen LogP contribution in [0, 0.1) is 12.8 Å². The van der Waals surface area contributed by atoms with Gasteiger partial charge in [-0.05, 0) is 33.2 Å². The molecule has 0 unspecified atom stereocenters. The van der Waals surface area contributed by atoms with E-state index < -0.39 is 0 Å². The maximum absolute atomic E-state index is 11.7. The molecule has 1 aliphatic rings. The maximum Gasteiger partial charge on any atom is 0.310 e. The summed E-state index contributed by atoms with van der Waals surface area (Å²) in [4.78, 5) is 14.0. The lowest BCUT2D eigenvalue weighted by Crippen LogP contribution is -2.39. The zero-order valence-corrected chi connectivity index (χ0v) is 11.0. The van der Waals surface area contributed by atoms with Crippen LogP contribution in [0.3, 0.4) is 0 Å². The van der Waals surface area contributed by atoms with Crippen LogP contribution in [0.25, 0.3) is 0 Å². The molecule has 0 N–H and O–H groups in total. The van der Waals surface area contributed by atoms with Gasteiger partial charge in [0.05, 0.1) is 18.2 Å². The first-order valence-electron chi connectivity index (χ1n) is 6.50. The van der Waals surface area contributed by atoms with Gasteiger partial charge < -0.3 is 9.26 Å². The van der Waals surface area contributed by atoms with Gasteiger partial charge >= 0.3 is 5.97 Å². The number of hydrogen-bond acceptors (Lipinski definition) is 5. The van der Waals surface area contributed by atoms with Crippen LogP contribution in [0.2, 0.25) is 0 Å². The number of esters is 1. The molecular weight excluding hydrogens is 232 g/mol. The van der Waals surface area contributed by atoms with E-state index >= 15 is 0 Å². The zero-order valence-electron chi connectivity index (χ0n) is 11.0. The van der Waals surface area contributed by atoms with Crippen molar-refractivity contribution in [2.45, 2.75) is 33.2 Å². The molecule has 1 aromatic rings. The molecule has 1 atom stereocenters. The van der Waals surface area contributed by atoms with Crippen LogP contribution in [0.5, 0.6) is 0 Å². The lowest BCUT2D eigenvalue weighted by molar-refractivity contribution is -0.150. The van der Waals surface area contributed by atoms with Gasteiger partial charge in [0.1, 0.15) is 5.76 Å². The molecule has 1 aliphatic heterocycles. The lowest BCUT2D eigenvalue weighted by atomic mass is 9.98. The van der Waals surface area contributed by atoms with Crippen LogP contribution < -0.4 is 0 Å². The predicted octanol–water partition coefficient (Wildman–Crippen LogP) is 1.76. The first-order chi connectivity index (χ1) is 8.69. The van der Waals surface area contributed by atoms with E-state index in [-0.39, 0.29) is 11.9 Å². The van der Waals surface area contributed by atoms with E-state index in [2.05, 4.69) is 10.1 Å². The van der Waals surface area contributed by atoms with Gasteiger partial charge in [-0.1, -0.05) is 5.16 Å². The summed E-state index contributed by atoms with van der Waals surface area (Å²) in [7, 11) is 0. The molecule has 100 valence electrons. The molecule has 0 bridgehead atoms. The normalized spacial score (nSPS) is 20.9. The quantitative estimate of drug-likeness (QED) is 0.764. The van der Waals surface area contributed by atoms with Gasteiger partial charge in [-0.2, -0.15) is 0 Å². The second-order valence-corrected chi connectivity index (χ2v) is 4.76. The second kappa shape index (κ2) is 6.00. The monoisotopic (exact) mass is 252 g/mol. The number of carbonyl (C=O) groups excluding carboxylic acids is 1. The van der Waals surface area contributed by atoms with Gasteiger partial charge in [0.15, 0.2) is 0 Å². The Balaban J connectivity index is 1.88. The lowest BCUT2D eigenvalue weighted by Gasteiger charge is -2.30. The Morgan fingerprint density at radius 3 is 3.17 bits per heavy atom. The van der Waals surface area contributed by atoms with Gasteiger partial charge in [0.2, 0.25) is 0 Å². The Morgan fingerprint density at radius 1 is 1.67 bits per heavy atom. The largest absolute Gasteiger partial charge is 0.466 e. The topological polar surface area (TPSA) is 55.6 Å². The SMILES string of the molecule is CCOC(=O)[C@@H]1CCCN(Cc2cc(C)on2)C1. The molecular formula is C13H20N2O3. The highest BCUT2D eigenvalue weighted by atomic mass is 16.5. The first-order valence-corrected chi connectivity index (χ1v) is 6.50. The average Bonchev–Trinajstić information content (AvgIpc) is 2.75. The van der Waals surface area contributed by atoms with Crippen molar-refractivity contribution in [2.24, 2.45) is 5.92 Å². The van der Waals surface area contributed by atoms with Crippen molar-refractivity contribution in [3.05, 3.63) is 17.5 Å². The van der Waals surface area contributed by atoms with Gasteiger partial charge in [0.25, 0.3) is 0 Å². The number of aryl methyl sites for hydroxylation is 1. The van der Waals surface area contributed by atoms with Crippen molar-refractivity contribution in [1.29, 1.82) is 0 Å². The fourth-order valence-corrected chi connectivity index (χ4v) is 2.37. The van der Waals surface area contributed by atoms with Crippen LogP contribution in [0.15, 0.2) is 10.6 Å². The molecule has 0 aromatic carbocycles. The van der Waals surface area contributed by atoms with Crippen molar-refractivity contribution in [2.75, 3.05) is 19.7 Å². The van der Waals surface area contributed by atoms with E-state index in [1.165, 1.54) is 0 Å². The van der Waals surface area contributed by atoms with Crippen LogP contribution in [-0.2, 0) is 16.1 Å². The molecule has 2 heterocycles. The van der Waals surface area contributed by atoms with Gasteiger partial charge in [-0.15, -0.1) is 0 Å². The highest BCUT2D eigenvalue weighted by Gasteiger charge is 2.27. The molecule has 0 radical (unpaired) electrons. The molecule has 5 nitrogen and oxygen atoms in total. The first kappa shape index (κ1) is 13.1. The van der Waals surface area contributed by atoms with E-state index in [1.54, 1.807) is 0 Å². The average molecular weight is 252 g/mol. The van der Waals surface area contributed by atoms with Crippen molar-refractivity contribution in [3.8, 4) is 0 Å². The Labute approximate surface area is 107 Å². The minimum absolute atomic E-state index is 0.00620. The molecule has 1 aromatic heterocycles. The van der Waals surface area contributed by atoms with Gasteiger partial charge in [-0.3, -0.25) is 9.69 Å². The molecule has 1 saturated heterocycles. The second-order valence-electron chi connectivity index (χ2n) is 4.76. The summed E-state index contributed by atoms with van der Waals surface area (Å²) in [5.41, 5.74) is 0.928. The third-order valence-electron chi connectivity index (χ3n) is 3.19. The third-order valence-corrected chi connectivity index (χ3v) is 3.19. The minimum Gasteiger partial charge on any atom is -0.466 e. The van der Waals surface area contributed by atoms with E-state index in [1.807, 2.05) is 19.9 Å². The van der Waals surface area contributed by atoms with E-state index in [0.717, 1.165) is 43.9 Å². The number of rotatable bonds is 4. The van der Waals surface area contributed by atoms with Crippen molar-refractivity contribution in [1.82, 2.24) is 10.1 Å². The van der Waals surface area contributed by atoms with E-state index in [0.29, 0.717) is 6.61 Å². The highest BCUT2D eigenvalue weighted by molar-refractivity contribution is 5.72. The van der Waals surface area contributed by atoms with Crippen LogP contribution in [0.4, 0.5) is 0 Å². The molecule has 0 saturated carbocycles. The van der Waals surface area contributed by atoms with Crippen LogP contribution in [-0.4, -0.2) is 35.7 Å². The smallest absolute Gasteiger partial charge is 0.310 e. The van der Waals surface area contributed by atoms with Gasteiger partial charge in [0, 0.05) is 19.2 Å². The Bertz CT molecular complexity index is 403. The molecule has 0 amide bonds. The number of likely N-dealkylation sites (tertiary alicyclic amines) is 1. The highest BCUT2D eigenvalue weighted by Crippen LogP contribution is 2.19. The fraction of sp³-hybridized carbons (Fsp3) is 0.692. The summed E-state index contributed by atoms with van der Waals surface area (Å²) < 4.78 is 10.1. The molecule has 5 heteroatoms. The summed E-state index contributed by atoms with van der Waals surface area (Å²) in [5.74, 6) is 0.759. The van der Waals surface area contributed by atoms with Gasteiger partial charge in [-0.25, -0.2) is 0 Å². The molecule has 1 fully saturated rings. The summed E-state index contributed by atoms with van der Waals surface area (Å²) >= 11 is 0. The summed E-state index contributed by atoms with van der Waals surface area (Å²) in [6.45, 7) is 6.68. The third kappa shape index (κ3) is 3.32. The standard InChI is InChI=1S/C13H20N2O3/c1-3-17-13(16)11-5-4-6-15(8-11)9-12-7-10(2)18-14-12/h7,11H,3-6,8-9H2,1-2H3/t11-/m1/s1. The fourth-order valence-electron chi connectivity index (χ4n) is 2.37. The summed E-state index contributed by atoms with van der Waals surface area (Å²) in [5, 5.41) is 3.98. The number of carbonyl (C=O) groups is 1. The Kier molecular flexibility index (Phi) is 4.36. The molecule has 18 heavy (non-hydrogen) atoms. The summed E-state index contributed by atoms with van der Waals surface area (Å²) in [6, 6.07) is 1.94. The number of hydrogen-bond donors (Lipinski definition) is 0. The maximum atomic E-state index is 11.7.